The maximum absolute atomic E-state index is 10.0. The Balaban J connectivity index is 2.94. The lowest BCUT2D eigenvalue weighted by Gasteiger charge is -1.99. The molecular formula is C7H7N3O2. The number of nitrogens with two attached hydrogens (primary N) is 1. The van der Waals surface area contributed by atoms with Gasteiger partial charge < -0.3 is 5.73 Å². The molecule has 0 fully saturated rings. The Bertz CT molecular complexity index is 275. The predicted molar refractivity (Wildman–Crippen MR) is 45.2 cm³/mol. The number of nitrogens with zero attached hydrogens (tertiary/aromatic N) is 2. The Kier molecular flexibility index (Phi) is 2.47. The van der Waals surface area contributed by atoms with Crippen molar-refractivity contribution >= 4 is 5.69 Å². The largest absolute Gasteiger partial charge is 0.399 e. The first-order valence-electron chi connectivity index (χ1n) is 3.28. The molecule has 1 rings (SSSR count). The van der Waals surface area contributed by atoms with Crippen molar-refractivity contribution in [2.75, 3.05) is 5.73 Å². The Morgan fingerprint density at radius 1 is 1.08 bits per heavy atom. The lowest BCUT2D eigenvalue weighted by molar-refractivity contribution is 0.763. The Morgan fingerprint density at radius 2 is 1.58 bits per heavy atom. The summed E-state index contributed by atoms with van der Waals surface area (Å²) in [5.74, 6) is 0. The molecule has 5 heteroatoms. The number of hydrogen-bond acceptors (Lipinski definition) is 5. The van der Waals surface area contributed by atoms with Gasteiger partial charge in [0.25, 0.3) is 0 Å². The van der Waals surface area contributed by atoms with Crippen LogP contribution in [0.1, 0.15) is 11.7 Å². The summed E-state index contributed by atoms with van der Waals surface area (Å²) < 4.78 is 0. The highest BCUT2D eigenvalue weighted by Crippen LogP contribution is 2.18. The molecule has 0 spiro atoms. The fourth-order valence-electron chi connectivity index (χ4n) is 0.809. The highest BCUT2D eigenvalue weighted by Gasteiger charge is 2.09. The minimum absolute atomic E-state index is 0.453. The van der Waals surface area contributed by atoms with E-state index in [1.165, 1.54) is 0 Å². The van der Waals surface area contributed by atoms with E-state index in [1.807, 2.05) is 0 Å². The van der Waals surface area contributed by atoms with E-state index in [2.05, 4.69) is 10.4 Å². The first-order valence-corrected chi connectivity index (χ1v) is 3.28. The van der Waals surface area contributed by atoms with Crippen LogP contribution in [0.2, 0.25) is 0 Å². The minimum Gasteiger partial charge on any atom is -0.399 e. The van der Waals surface area contributed by atoms with E-state index in [4.69, 9.17) is 5.73 Å². The Morgan fingerprint density at radius 3 is 2.00 bits per heavy atom. The molecule has 0 aliphatic heterocycles. The van der Waals surface area contributed by atoms with Gasteiger partial charge in [-0.15, -0.1) is 9.81 Å². The molecule has 0 aromatic heterocycles. The van der Waals surface area contributed by atoms with E-state index in [-0.39, 0.29) is 0 Å². The lowest BCUT2D eigenvalue weighted by Crippen LogP contribution is -1.90. The van der Waals surface area contributed by atoms with Gasteiger partial charge in [0.05, 0.1) is 0 Å². The number of rotatable bonds is 3. The fraction of sp³-hybridized carbons (Fsp3) is 0.143. The third-order valence-corrected chi connectivity index (χ3v) is 1.43. The SMILES string of the molecule is Nc1ccc(C(N=O)N=O)cc1. The molecule has 0 radical (unpaired) electrons. The smallest absolute Gasteiger partial charge is 0.247 e. The van der Waals surface area contributed by atoms with Gasteiger partial charge >= 0.3 is 0 Å². The molecule has 0 aliphatic rings. The normalized spacial score (nSPS) is 9.75. The van der Waals surface area contributed by atoms with Crippen LogP contribution in [-0.2, 0) is 0 Å². The molecule has 0 saturated carbocycles. The third-order valence-electron chi connectivity index (χ3n) is 1.43. The molecule has 0 atom stereocenters. The van der Waals surface area contributed by atoms with Crippen LogP contribution in [-0.4, -0.2) is 0 Å². The van der Waals surface area contributed by atoms with Gasteiger partial charge in [-0.3, -0.25) is 0 Å². The summed E-state index contributed by atoms with van der Waals surface area (Å²) in [6, 6.07) is 6.25. The number of benzene rings is 1. The second kappa shape index (κ2) is 3.56. The van der Waals surface area contributed by atoms with Crippen molar-refractivity contribution in [3.63, 3.8) is 0 Å². The molecule has 0 saturated heterocycles. The van der Waals surface area contributed by atoms with Crippen LogP contribution in [0.15, 0.2) is 34.6 Å². The van der Waals surface area contributed by atoms with E-state index in [1.54, 1.807) is 24.3 Å². The lowest BCUT2D eigenvalue weighted by atomic mass is 10.2. The maximum atomic E-state index is 10.0. The monoisotopic (exact) mass is 165 g/mol. The Hall–Kier alpha value is -1.78. The molecule has 2 N–H and O–H groups in total. The second-order valence-corrected chi connectivity index (χ2v) is 2.25. The Labute approximate surface area is 68.5 Å². The molecule has 1 aromatic carbocycles. The van der Waals surface area contributed by atoms with Crippen molar-refractivity contribution in [1.82, 2.24) is 0 Å². The van der Waals surface area contributed by atoms with E-state index in [9.17, 15) is 9.81 Å². The molecule has 0 aliphatic carbocycles. The first kappa shape index (κ1) is 8.32. The van der Waals surface area contributed by atoms with Crippen LogP contribution in [0.4, 0.5) is 5.69 Å². The van der Waals surface area contributed by atoms with Crippen molar-refractivity contribution in [2.45, 2.75) is 6.17 Å². The molecule has 0 unspecified atom stereocenters. The average Bonchev–Trinajstić information content (AvgIpc) is 2.10. The zero-order valence-electron chi connectivity index (χ0n) is 6.18. The van der Waals surface area contributed by atoms with E-state index < -0.39 is 6.17 Å². The van der Waals surface area contributed by atoms with Gasteiger partial charge in [-0.25, -0.2) is 0 Å². The van der Waals surface area contributed by atoms with Crippen molar-refractivity contribution < 1.29 is 0 Å². The van der Waals surface area contributed by atoms with Crippen molar-refractivity contribution in [2.24, 2.45) is 10.4 Å². The number of hydrogen-bond donors (Lipinski definition) is 1. The molecule has 1 aromatic rings. The van der Waals surface area contributed by atoms with Crippen LogP contribution in [0.3, 0.4) is 0 Å². The van der Waals surface area contributed by atoms with E-state index in [0.717, 1.165) is 0 Å². The van der Waals surface area contributed by atoms with Crippen molar-refractivity contribution in [3.05, 3.63) is 39.6 Å². The molecule has 12 heavy (non-hydrogen) atoms. The summed E-state index contributed by atoms with van der Waals surface area (Å²) in [5.41, 5.74) is 6.41. The summed E-state index contributed by atoms with van der Waals surface area (Å²) in [6.45, 7) is 0. The molecule has 5 nitrogen and oxygen atoms in total. The molecule has 62 valence electrons. The molecular weight excluding hydrogens is 158 g/mol. The zero-order chi connectivity index (χ0) is 8.97. The summed E-state index contributed by atoms with van der Waals surface area (Å²) in [6.07, 6.45) is -1.16. The van der Waals surface area contributed by atoms with E-state index in [0.29, 0.717) is 11.3 Å². The standard InChI is InChI=1S/C7H7N3O2/c8-6-3-1-5(2-4-6)7(9-11)10-12/h1-4,7H,8H2. The quantitative estimate of drug-likeness (QED) is 0.547. The van der Waals surface area contributed by atoms with Crippen LogP contribution in [0.25, 0.3) is 0 Å². The number of anilines is 1. The highest BCUT2D eigenvalue weighted by atomic mass is 16.3. The summed E-state index contributed by atoms with van der Waals surface area (Å²) in [5, 5.41) is 5.07. The van der Waals surface area contributed by atoms with Crippen molar-refractivity contribution in [3.8, 4) is 0 Å². The first-order chi connectivity index (χ1) is 5.77. The van der Waals surface area contributed by atoms with Crippen LogP contribution < -0.4 is 5.73 Å². The van der Waals surface area contributed by atoms with Gasteiger partial charge in [0.1, 0.15) is 0 Å². The zero-order valence-corrected chi connectivity index (χ0v) is 6.18. The third kappa shape index (κ3) is 1.63. The van der Waals surface area contributed by atoms with Crippen molar-refractivity contribution in [1.29, 1.82) is 0 Å². The average molecular weight is 165 g/mol. The van der Waals surface area contributed by atoms with E-state index >= 15 is 0 Å². The van der Waals surface area contributed by atoms with Crippen LogP contribution in [0.5, 0.6) is 0 Å². The van der Waals surface area contributed by atoms with Gasteiger partial charge in [0, 0.05) is 11.3 Å². The predicted octanol–water partition coefficient (Wildman–Crippen LogP) is 1.80. The summed E-state index contributed by atoms with van der Waals surface area (Å²) in [7, 11) is 0. The summed E-state index contributed by atoms with van der Waals surface area (Å²) >= 11 is 0. The molecule has 0 bridgehead atoms. The number of nitroso groups, excluding NO2 is 2. The van der Waals surface area contributed by atoms with Gasteiger partial charge in [-0.1, -0.05) is 12.1 Å². The minimum atomic E-state index is -1.16. The van der Waals surface area contributed by atoms with Gasteiger partial charge in [0.15, 0.2) is 0 Å². The van der Waals surface area contributed by atoms with Crippen LogP contribution >= 0.6 is 0 Å². The molecule has 0 heterocycles. The maximum Gasteiger partial charge on any atom is 0.247 e. The summed E-state index contributed by atoms with van der Waals surface area (Å²) in [4.78, 5) is 20.1. The molecule has 0 amide bonds. The van der Waals surface area contributed by atoms with Gasteiger partial charge in [0.2, 0.25) is 6.17 Å². The van der Waals surface area contributed by atoms with Gasteiger partial charge in [-0.2, -0.15) is 0 Å². The van der Waals surface area contributed by atoms with Gasteiger partial charge in [-0.05, 0) is 22.5 Å². The number of nitrogen functional groups attached to an aromatic ring is 1. The highest BCUT2D eigenvalue weighted by molar-refractivity contribution is 5.40. The second-order valence-electron chi connectivity index (χ2n) is 2.25. The fourth-order valence-corrected chi connectivity index (χ4v) is 0.809. The van der Waals surface area contributed by atoms with Crippen LogP contribution in [0, 0.1) is 9.81 Å². The topological polar surface area (TPSA) is 84.9 Å².